The zero-order valence-corrected chi connectivity index (χ0v) is 9.14. The van der Waals surface area contributed by atoms with E-state index in [4.69, 9.17) is 12.2 Å². The number of aromatic nitrogens is 1. The number of aromatic amines is 1. The van der Waals surface area contributed by atoms with E-state index in [0.717, 1.165) is 16.3 Å². The van der Waals surface area contributed by atoms with E-state index >= 15 is 0 Å². The second-order valence-corrected chi connectivity index (χ2v) is 4.07. The van der Waals surface area contributed by atoms with Crippen LogP contribution in [0.1, 0.15) is 0 Å². The Bertz CT molecular complexity index is 746. The van der Waals surface area contributed by atoms with Crippen LogP contribution in [0.2, 0.25) is 0 Å². The molecule has 0 saturated heterocycles. The largest absolute Gasteiger partial charge is 0.352 e. The molecule has 0 radical (unpaired) electrons. The van der Waals surface area contributed by atoms with Gasteiger partial charge in [-0.3, -0.25) is 0 Å². The summed E-state index contributed by atoms with van der Waals surface area (Å²) in [6.07, 6.45) is 0. The van der Waals surface area contributed by atoms with Crippen LogP contribution in [-0.4, -0.2) is 4.98 Å². The van der Waals surface area contributed by atoms with Gasteiger partial charge in [-0.25, -0.2) is 4.39 Å². The Morgan fingerprint density at radius 1 is 0.938 bits per heavy atom. The smallest absolute Gasteiger partial charge is 0.147 e. The van der Waals surface area contributed by atoms with Gasteiger partial charge in [0.15, 0.2) is 0 Å². The van der Waals surface area contributed by atoms with Crippen molar-refractivity contribution in [2.45, 2.75) is 0 Å². The zero-order valence-electron chi connectivity index (χ0n) is 8.33. The third kappa shape index (κ3) is 1.25. The third-order valence-electron chi connectivity index (χ3n) is 2.69. The molecule has 1 heterocycles. The van der Waals surface area contributed by atoms with Crippen LogP contribution in [-0.2, 0) is 0 Å². The average Bonchev–Trinajstić information content (AvgIpc) is 2.31. The molecule has 0 atom stereocenters. The van der Waals surface area contributed by atoms with Crippen molar-refractivity contribution in [3.05, 3.63) is 52.8 Å². The number of hydrogen-bond acceptors (Lipinski definition) is 1. The lowest BCUT2D eigenvalue weighted by molar-refractivity contribution is 0.637. The minimum atomic E-state index is -0.269. The van der Waals surface area contributed by atoms with Crippen LogP contribution in [0.5, 0.6) is 0 Å². The highest BCUT2D eigenvalue weighted by Gasteiger charge is 2.04. The first kappa shape index (κ1) is 9.48. The molecule has 16 heavy (non-hydrogen) atoms. The van der Waals surface area contributed by atoms with Crippen LogP contribution in [0.3, 0.4) is 0 Å². The number of halogens is 1. The molecule has 0 bridgehead atoms. The maximum absolute atomic E-state index is 13.6. The number of hydrogen-bond donors (Lipinski definition) is 1. The van der Waals surface area contributed by atoms with Crippen LogP contribution >= 0.6 is 12.2 Å². The fraction of sp³-hybridized carbons (Fsp3) is 0. The molecule has 1 N–H and O–H groups in total. The van der Waals surface area contributed by atoms with Gasteiger partial charge in [-0.05, 0) is 12.1 Å². The van der Waals surface area contributed by atoms with E-state index in [1.54, 1.807) is 6.07 Å². The van der Waals surface area contributed by atoms with Crippen molar-refractivity contribution in [3.63, 3.8) is 0 Å². The molecule has 0 amide bonds. The summed E-state index contributed by atoms with van der Waals surface area (Å²) >= 11 is 5.37. The minimum Gasteiger partial charge on any atom is -0.352 e. The summed E-state index contributed by atoms with van der Waals surface area (Å²) in [7, 11) is 0. The number of nitrogens with one attached hydrogen (secondary N) is 1. The van der Waals surface area contributed by atoms with E-state index in [9.17, 15) is 4.39 Å². The normalized spacial score (nSPS) is 11.1. The maximum atomic E-state index is 13.6. The molecular weight excluding hydrogens is 221 g/mol. The van der Waals surface area contributed by atoms with Crippen molar-refractivity contribution in [3.8, 4) is 0 Å². The van der Waals surface area contributed by atoms with E-state index < -0.39 is 0 Å². The molecule has 0 fully saturated rings. The second-order valence-electron chi connectivity index (χ2n) is 3.66. The molecule has 0 aliphatic carbocycles. The van der Waals surface area contributed by atoms with Gasteiger partial charge in [0, 0.05) is 16.3 Å². The molecule has 0 spiro atoms. The second kappa shape index (κ2) is 3.39. The van der Waals surface area contributed by atoms with E-state index in [0.29, 0.717) is 10.0 Å². The summed E-state index contributed by atoms with van der Waals surface area (Å²) in [5.41, 5.74) is 1.34. The van der Waals surface area contributed by atoms with Gasteiger partial charge < -0.3 is 4.98 Å². The standard InChI is InChI=1S/C13H8FNS/c14-10-6-3-5-9-12(10)15-11-7-2-1-4-8(11)13(9)16/h1-7H,(H,15,16). The van der Waals surface area contributed by atoms with Gasteiger partial charge in [0.1, 0.15) is 5.82 Å². The first-order chi connectivity index (χ1) is 7.77. The Kier molecular flexibility index (Phi) is 2.01. The fourth-order valence-corrected chi connectivity index (χ4v) is 2.26. The van der Waals surface area contributed by atoms with Crippen LogP contribution in [0.25, 0.3) is 21.8 Å². The van der Waals surface area contributed by atoms with Crippen molar-refractivity contribution in [2.24, 2.45) is 0 Å². The van der Waals surface area contributed by atoms with Crippen molar-refractivity contribution < 1.29 is 4.39 Å². The monoisotopic (exact) mass is 229 g/mol. The van der Waals surface area contributed by atoms with Gasteiger partial charge in [0.2, 0.25) is 0 Å². The highest BCUT2D eigenvalue weighted by molar-refractivity contribution is 7.72. The predicted octanol–water partition coefficient (Wildman–Crippen LogP) is 4.19. The fourth-order valence-electron chi connectivity index (χ4n) is 1.91. The molecule has 3 heteroatoms. The van der Waals surface area contributed by atoms with E-state index in [1.807, 2.05) is 30.3 Å². The molecular formula is C13H8FNS. The highest BCUT2D eigenvalue weighted by Crippen LogP contribution is 2.23. The molecule has 1 aromatic heterocycles. The van der Waals surface area contributed by atoms with Crippen molar-refractivity contribution in [1.29, 1.82) is 0 Å². The topological polar surface area (TPSA) is 15.8 Å². The lowest BCUT2D eigenvalue weighted by Crippen LogP contribution is -1.87. The molecule has 0 saturated carbocycles. The van der Waals surface area contributed by atoms with Gasteiger partial charge in [-0.2, -0.15) is 0 Å². The van der Waals surface area contributed by atoms with Crippen LogP contribution in [0.4, 0.5) is 4.39 Å². The Morgan fingerprint density at radius 2 is 1.69 bits per heavy atom. The SMILES string of the molecule is Fc1cccc2c(=S)c3ccccc3[nH]c12. The maximum Gasteiger partial charge on any atom is 0.147 e. The van der Waals surface area contributed by atoms with E-state index in [-0.39, 0.29) is 5.82 Å². The average molecular weight is 229 g/mol. The van der Waals surface area contributed by atoms with Gasteiger partial charge in [-0.15, -0.1) is 0 Å². The van der Waals surface area contributed by atoms with Crippen LogP contribution in [0, 0.1) is 10.3 Å². The summed E-state index contributed by atoms with van der Waals surface area (Å²) in [4.78, 5) is 3.08. The number of pyridine rings is 1. The Labute approximate surface area is 96.5 Å². The van der Waals surface area contributed by atoms with Gasteiger partial charge in [-0.1, -0.05) is 42.5 Å². The number of para-hydroxylation sites is 2. The summed E-state index contributed by atoms with van der Waals surface area (Å²) in [6, 6.07) is 12.6. The summed E-state index contributed by atoms with van der Waals surface area (Å²) in [5.74, 6) is -0.269. The van der Waals surface area contributed by atoms with Crippen LogP contribution < -0.4 is 0 Å². The van der Waals surface area contributed by atoms with Crippen molar-refractivity contribution in [2.75, 3.05) is 0 Å². The number of H-pyrrole nitrogens is 1. The Morgan fingerprint density at radius 3 is 2.56 bits per heavy atom. The molecule has 3 aromatic rings. The number of benzene rings is 2. The van der Waals surface area contributed by atoms with Gasteiger partial charge >= 0.3 is 0 Å². The minimum absolute atomic E-state index is 0.269. The lowest BCUT2D eigenvalue weighted by Gasteiger charge is -2.04. The van der Waals surface area contributed by atoms with Crippen molar-refractivity contribution >= 4 is 34.0 Å². The summed E-state index contributed by atoms with van der Waals surface area (Å²) in [6.45, 7) is 0. The van der Waals surface area contributed by atoms with Gasteiger partial charge in [0.25, 0.3) is 0 Å². The summed E-state index contributed by atoms with van der Waals surface area (Å²) < 4.78 is 14.3. The first-order valence-corrected chi connectivity index (χ1v) is 5.37. The number of rotatable bonds is 0. The number of fused-ring (bicyclic) bond motifs is 2. The zero-order chi connectivity index (χ0) is 11.1. The van der Waals surface area contributed by atoms with Gasteiger partial charge in [0.05, 0.1) is 10.0 Å². The Balaban J connectivity index is 2.67. The molecule has 2 aromatic carbocycles. The third-order valence-corrected chi connectivity index (χ3v) is 3.13. The molecule has 3 rings (SSSR count). The molecule has 1 nitrogen and oxygen atoms in total. The molecule has 0 aliphatic heterocycles. The van der Waals surface area contributed by atoms with Crippen LogP contribution in [0.15, 0.2) is 42.5 Å². The molecule has 0 unspecified atom stereocenters. The lowest BCUT2D eigenvalue weighted by atomic mass is 10.1. The molecule has 0 aliphatic rings. The van der Waals surface area contributed by atoms with E-state index in [2.05, 4.69) is 4.98 Å². The molecule has 78 valence electrons. The predicted molar refractivity (Wildman–Crippen MR) is 66.6 cm³/mol. The summed E-state index contributed by atoms with van der Waals surface area (Å²) in [5, 5.41) is 1.71. The van der Waals surface area contributed by atoms with Crippen molar-refractivity contribution in [1.82, 2.24) is 4.98 Å². The highest BCUT2D eigenvalue weighted by atomic mass is 32.1. The Hall–Kier alpha value is -1.74. The van der Waals surface area contributed by atoms with E-state index in [1.165, 1.54) is 6.07 Å². The first-order valence-electron chi connectivity index (χ1n) is 4.96. The quantitative estimate of drug-likeness (QED) is 0.451.